The molecule has 106 valence electrons. The van der Waals surface area contributed by atoms with Gasteiger partial charge in [-0.1, -0.05) is 12.1 Å². The zero-order valence-corrected chi connectivity index (χ0v) is 12.3. The van der Waals surface area contributed by atoms with Gasteiger partial charge < -0.3 is 15.0 Å². The Hall–Kier alpha value is -2.25. The first-order valence-electron chi connectivity index (χ1n) is 5.93. The fraction of sp³-hybridized carbons (Fsp3) is 0. The zero-order valence-electron chi connectivity index (χ0n) is 10.6. The Morgan fingerprint density at radius 1 is 1.29 bits per heavy atom. The molecular formula is C14H10N2O3S2. The van der Waals surface area contributed by atoms with E-state index in [1.165, 1.54) is 11.3 Å². The smallest absolute Gasteiger partial charge is 0.335 e. The van der Waals surface area contributed by atoms with Crippen LogP contribution >= 0.6 is 24.2 Å². The van der Waals surface area contributed by atoms with Crippen LogP contribution in [0.1, 0.15) is 10.4 Å². The van der Waals surface area contributed by atoms with Gasteiger partial charge in [0.05, 0.1) is 21.5 Å². The van der Waals surface area contributed by atoms with Gasteiger partial charge in [-0.2, -0.15) is 0 Å². The van der Waals surface area contributed by atoms with Gasteiger partial charge >= 0.3 is 5.97 Å². The summed E-state index contributed by atoms with van der Waals surface area (Å²) in [5, 5.41) is 9.69. The molecule has 7 heteroatoms. The molecule has 0 atom stereocenters. The van der Waals surface area contributed by atoms with Gasteiger partial charge in [0.15, 0.2) is 5.75 Å². The number of carbonyl (C=O) groups is 1. The number of thiol groups is 1. The van der Waals surface area contributed by atoms with Gasteiger partial charge in [-0.05, 0) is 18.2 Å². The fourth-order valence-corrected chi connectivity index (χ4v) is 3.07. The van der Waals surface area contributed by atoms with Crippen molar-refractivity contribution >= 4 is 46.1 Å². The zero-order chi connectivity index (χ0) is 15.0. The second-order valence-electron chi connectivity index (χ2n) is 4.35. The molecule has 0 saturated heterocycles. The molecule has 0 amide bonds. The molecule has 0 radical (unpaired) electrons. The molecule has 3 aromatic rings. The molecule has 0 saturated carbocycles. The average Bonchev–Trinajstić information content (AvgIpc) is 2.89. The van der Waals surface area contributed by atoms with E-state index in [0.717, 1.165) is 20.8 Å². The first-order chi connectivity index (χ1) is 10.1. The third-order valence-electron chi connectivity index (χ3n) is 3.00. The molecule has 0 aliphatic heterocycles. The van der Waals surface area contributed by atoms with Gasteiger partial charge in [0.1, 0.15) is 5.01 Å². The van der Waals surface area contributed by atoms with Gasteiger partial charge in [-0.25, -0.2) is 9.78 Å². The van der Waals surface area contributed by atoms with Crippen LogP contribution in [0, 0.1) is 0 Å². The van der Waals surface area contributed by atoms with Crippen molar-refractivity contribution in [3.05, 3.63) is 42.0 Å². The van der Waals surface area contributed by atoms with E-state index in [1.54, 1.807) is 36.4 Å². The fourth-order valence-electron chi connectivity index (χ4n) is 1.93. The molecular weight excluding hydrogens is 308 g/mol. The monoisotopic (exact) mass is 318 g/mol. The number of nitrogens with two attached hydrogens (primary N) is 1. The SMILES string of the molecule is Nc1cc2nc(-c3ccc(C(=O)O)cc3)sc2cc1OS. The third kappa shape index (κ3) is 2.53. The second-order valence-corrected chi connectivity index (χ2v) is 5.56. The molecule has 0 aliphatic rings. The normalized spacial score (nSPS) is 10.7. The van der Waals surface area contributed by atoms with Crippen molar-refractivity contribution < 1.29 is 14.1 Å². The maximum atomic E-state index is 10.8. The Bertz CT molecular complexity index is 828. The number of hydrogen-bond donors (Lipinski definition) is 3. The van der Waals surface area contributed by atoms with E-state index in [-0.39, 0.29) is 5.56 Å². The number of thiazole rings is 1. The summed E-state index contributed by atoms with van der Waals surface area (Å²) >= 11 is 5.24. The molecule has 2 aromatic carbocycles. The lowest BCUT2D eigenvalue weighted by Crippen LogP contribution is -1.94. The van der Waals surface area contributed by atoms with Gasteiger partial charge in [0, 0.05) is 24.5 Å². The molecule has 5 nitrogen and oxygen atoms in total. The number of carboxylic acids is 1. The van der Waals surface area contributed by atoms with Crippen molar-refractivity contribution in [2.75, 3.05) is 5.73 Å². The van der Waals surface area contributed by atoms with E-state index in [1.807, 2.05) is 0 Å². The predicted molar refractivity (Wildman–Crippen MR) is 86.0 cm³/mol. The molecule has 3 N–H and O–H groups in total. The van der Waals surface area contributed by atoms with Crippen molar-refractivity contribution in [2.45, 2.75) is 0 Å². The number of nitrogens with zero attached hydrogens (tertiary/aromatic N) is 1. The van der Waals surface area contributed by atoms with E-state index in [0.29, 0.717) is 11.4 Å². The number of aromatic nitrogens is 1. The van der Waals surface area contributed by atoms with Crippen molar-refractivity contribution in [1.29, 1.82) is 0 Å². The van der Waals surface area contributed by atoms with Crippen LogP contribution in [0.4, 0.5) is 5.69 Å². The molecule has 0 unspecified atom stereocenters. The molecule has 0 spiro atoms. The maximum absolute atomic E-state index is 10.8. The third-order valence-corrected chi connectivity index (χ3v) is 4.26. The standard InChI is InChI=1S/C14H10N2O3S2/c15-9-5-10-12(6-11(9)19-20)21-13(16-10)7-1-3-8(4-2-7)14(17)18/h1-6,20H,15H2,(H,17,18). The van der Waals surface area contributed by atoms with Crippen LogP contribution in [-0.4, -0.2) is 16.1 Å². The highest BCUT2D eigenvalue weighted by Gasteiger charge is 2.11. The molecule has 21 heavy (non-hydrogen) atoms. The number of benzene rings is 2. The van der Waals surface area contributed by atoms with E-state index in [9.17, 15) is 4.79 Å². The summed E-state index contributed by atoms with van der Waals surface area (Å²) < 4.78 is 5.82. The highest BCUT2D eigenvalue weighted by molar-refractivity contribution is 7.75. The first-order valence-corrected chi connectivity index (χ1v) is 7.12. The van der Waals surface area contributed by atoms with E-state index < -0.39 is 5.97 Å². The number of hydrogen-bond acceptors (Lipinski definition) is 6. The lowest BCUT2D eigenvalue weighted by atomic mass is 10.1. The minimum absolute atomic E-state index is 0.245. The van der Waals surface area contributed by atoms with Crippen LogP contribution in [0.15, 0.2) is 36.4 Å². The number of aromatic carboxylic acids is 1. The van der Waals surface area contributed by atoms with Crippen LogP contribution in [0.3, 0.4) is 0 Å². The van der Waals surface area contributed by atoms with Gasteiger partial charge in [-0.15, -0.1) is 11.3 Å². The lowest BCUT2D eigenvalue weighted by molar-refractivity contribution is 0.0697. The Labute approximate surface area is 129 Å². The van der Waals surface area contributed by atoms with Crippen molar-refractivity contribution in [3.8, 4) is 16.3 Å². The predicted octanol–water partition coefficient (Wildman–Crippen LogP) is 3.47. The topological polar surface area (TPSA) is 85.4 Å². The molecule has 0 aliphatic carbocycles. The molecule has 0 fully saturated rings. The Morgan fingerprint density at radius 3 is 2.62 bits per heavy atom. The molecule has 0 bridgehead atoms. The molecule has 1 heterocycles. The highest BCUT2D eigenvalue weighted by Crippen LogP contribution is 2.35. The summed E-state index contributed by atoms with van der Waals surface area (Å²) in [6.07, 6.45) is 0. The number of anilines is 1. The quantitative estimate of drug-likeness (QED) is 0.391. The minimum atomic E-state index is -0.950. The van der Waals surface area contributed by atoms with Crippen LogP contribution in [-0.2, 0) is 0 Å². The number of nitrogen functional groups attached to an aromatic ring is 1. The molecule has 1 aromatic heterocycles. The maximum Gasteiger partial charge on any atom is 0.335 e. The Kier molecular flexibility index (Phi) is 3.44. The van der Waals surface area contributed by atoms with Gasteiger partial charge in [0.25, 0.3) is 0 Å². The van der Waals surface area contributed by atoms with Gasteiger partial charge in [0.2, 0.25) is 0 Å². The van der Waals surface area contributed by atoms with E-state index in [2.05, 4.69) is 17.9 Å². The van der Waals surface area contributed by atoms with Crippen molar-refractivity contribution in [2.24, 2.45) is 0 Å². The van der Waals surface area contributed by atoms with E-state index in [4.69, 9.17) is 15.0 Å². The number of carboxylic acid groups (broad SMARTS) is 1. The summed E-state index contributed by atoms with van der Waals surface area (Å²) in [6, 6.07) is 10.1. The Morgan fingerprint density at radius 2 is 2.00 bits per heavy atom. The second kappa shape index (κ2) is 5.27. The van der Waals surface area contributed by atoms with Crippen LogP contribution in [0.5, 0.6) is 5.75 Å². The summed E-state index contributed by atoms with van der Waals surface area (Å²) in [5.74, 6) is -0.462. The Balaban J connectivity index is 2.06. The summed E-state index contributed by atoms with van der Waals surface area (Å²) in [5.41, 5.74) is 8.16. The van der Waals surface area contributed by atoms with Crippen LogP contribution in [0.2, 0.25) is 0 Å². The van der Waals surface area contributed by atoms with Crippen molar-refractivity contribution in [3.63, 3.8) is 0 Å². The number of rotatable bonds is 3. The summed E-state index contributed by atoms with van der Waals surface area (Å²) in [7, 11) is 0. The van der Waals surface area contributed by atoms with Gasteiger partial charge in [-0.3, -0.25) is 0 Å². The van der Waals surface area contributed by atoms with Crippen LogP contribution in [0.25, 0.3) is 20.8 Å². The van der Waals surface area contributed by atoms with Crippen LogP contribution < -0.4 is 9.92 Å². The summed E-state index contributed by atoms with van der Waals surface area (Å²) in [4.78, 5) is 15.4. The largest absolute Gasteiger partial charge is 0.478 e. The average molecular weight is 318 g/mol. The summed E-state index contributed by atoms with van der Waals surface area (Å²) in [6.45, 7) is 0. The number of fused-ring (bicyclic) bond motifs is 1. The highest BCUT2D eigenvalue weighted by atomic mass is 32.1. The minimum Gasteiger partial charge on any atom is -0.478 e. The first kappa shape index (κ1) is 13.7. The van der Waals surface area contributed by atoms with Crippen molar-refractivity contribution in [1.82, 2.24) is 4.98 Å². The van der Waals surface area contributed by atoms with E-state index >= 15 is 0 Å². The lowest BCUT2D eigenvalue weighted by Gasteiger charge is -2.00. The molecule has 3 rings (SSSR count).